The molecule has 0 saturated carbocycles. The molecule has 0 bridgehead atoms. The Labute approximate surface area is 122 Å². The topological polar surface area (TPSA) is 94.6 Å². The zero-order valence-electron chi connectivity index (χ0n) is 12.2. The van der Waals surface area contributed by atoms with Crippen LogP contribution in [0.15, 0.2) is 24.4 Å². The van der Waals surface area contributed by atoms with Crippen LogP contribution in [-0.4, -0.2) is 43.1 Å². The first kappa shape index (κ1) is 16.6. The van der Waals surface area contributed by atoms with Crippen molar-refractivity contribution in [2.45, 2.75) is 19.4 Å². The van der Waals surface area contributed by atoms with Crippen LogP contribution in [0.5, 0.6) is 0 Å². The predicted molar refractivity (Wildman–Crippen MR) is 73.3 cm³/mol. The number of amides is 1. The molecule has 1 aromatic rings. The van der Waals surface area contributed by atoms with Gasteiger partial charge in [0.1, 0.15) is 11.7 Å². The lowest BCUT2D eigenvalue weighted by molar-refractivity contribution is -0.147. The highest BCUT2D eigenvalue weighted by Crippen LogP contribution is 2.10. The lowest BCUT2D eigenvalue weighted by atomic mass is 10.0. The van der Waals surface area contributed by atoms with E-state index in [0.29, 0.717) is 0 Å². The number of hydrogen-bond acceptors (Lipinski definition) is 6. The van der Waals surface area contributed by atoms with Crippen molar-refractivity contribution in [3.63, 3.8) is 0 Å². The van der Waals surface area contributed by atoms with Gasteiger partial charge in [-0.3, -0.25) is 14.6 Å². The molecular weight excluding hydrogens is 276 g/mol. The molecule has 0 saturated heterocycles. The summed E-state index contributed by atoms with van der Waals surface area (Å²) in [5, 5.41) is 2.51. The number of esters is 2. The van der Waals surface area contributed by atoms with Gasteiger partial charge in [0, 0.05) is 6.20 Å². The minimum Gasteiger partial charge on any atom is -0.469 e. The number of carbonyl (C=O) groups is 3. The van der Waals surface area contributed by atoms with Gasteiger partial charge < -0.3 is 14.8 Å². The number of nitrogens with zero attached hydrogens (tertiary/aromatic N) is 1. The number of pyridine rings is 1. The van der Waals surface area contributed by atoms with E-state index in [0.717, 1.165) is 0 Å². The summed E-state index contributed by atoms with van der Waals surface area (Å²) in [6, 6.07) is 3.91. The fourth-order valence-electron chi connectivity index (χ4n) is 1.74. The number of hydrogen-bond donors (Lipinski definition) is 1. The minimum atomic E-state index is -0.946. The molecule has 0 aliphatic heterocycles. The molecule has 0 aromatic carbocycles. The number of ether oxygens (including phenoxy) is 2. The van der Waals surface area contributed by atoms with Gasteiger partial charge in [-0.2, -0.15) is 0 Å². The number of rotatable bonds is 6. The third-order valence-electron chi connectivity index (χ3n) is 2.88. The van der Waals surface area contributed by atoms with Gasteiger partial charge in [-0.05, 0) is 18.6 Å². The van der Waals surface area contributed by atoms with Crippen LogP contribution in [0.4, 0.5) is 0 Å². The quantitative estimate of drug-likeness (QED) is 0.770. The number of carbonyl (C=O) groups excluding carboxylic acids is 3. The van der Waals surface area contributed by atoms with E-state index in [9.17, 15) is 14.4 Å². The summed E-state index contributed by atoms with van der Waals surface area (Å²) in [7, 11) is 2.48. The molecule has 1 N–H and O–H groups in total. The molecule has 1 amide bonds. The van der Waals surface area contributed by atoms with Crippen molar-refractivity contribution in [1.29, 1.82) is 0 Å². The van der Waals surface area contributed by atoms with Gasteiger partial charge in [0.05, 0.1) is 20.1 Å². The second kappa shape index (κ2) is 7.98. The first-order chi connectivity index (χ1) is 9.99. The Kier molecular flexibility index (Phi) is 6.32. The van der Waals surface area contributed by atoms with E-state index in [-0.39, 0.29) is 12.1 Å². The summed E-state index contributed by atoms with van der Waals surface area (Å²) in [4.78, 5) is 39.0. The van der Waals surface area contributed by atoms with E-state index in [1.165, 1.54) is 26.5 Å². The molecule has 0 aliphatic carbocycles. The zero-order valence-corrected chi connectivity index (χ0v) is 12.2. The van der Waals surface area contributed by atoms with Crippen LogP contribution in [0.3, 0.4) is 0 Å². The van der Waals surface area contributed by atoms with E-state index in [2.05, 4.69) is 19.8 Å². The standard InChI is InChI=1S/C14H18N2O5/c1-9(13(18)20-2)8-11(14(19)21-3)16-12(17)10-6-4-5-7-15-10/h4-7,9,11H,8H2,1-3H3,(H,16,17)/t9-,11+/m1/s1. The molecule has 2 atom stereocenters. The Morgan fingerprint density at radius 2 is 1.86 bits per heavy atom. The van der Waals surface area contributed by atoms with Crippen LogP contribution in [0.2, 0.25) is 0 Å². The smallest absolute Gasteiger partial charge is 0.328 e. The van der Waals surface area contributed by atoms with Gasteiger partial charge >= 0.3 is 11.9 Å². The largest absolute Gasteiger partial charge is 0.469 e. The molecular formula is C14H18N2O5. The monoisotopic (exact) mass is 294 g/mol. The molecule has 7 heteroatoms. The highest BCUT2D eigenvalue weighted by molar-refractivity contribution is 5.95. The highest BCUT2D eigenvalue weighted by Gasteiger charge is 2.27. The molecule has 0 fully saturated rings. The molecule has 1 aromatic heterocycles. The summed E-state index contributed by atoms with van der Waals surface area (Å²) in [6.45, 7) is 1.61. The molecule has 0 unspecified atom stereocenters. The van der Waals surface area contributed by atoms with Gasteiger partial charge in [-0.25, -0.2) is 4.79 Å². The van der Waals surface area contributed by atoms with Crippen LogP contribution in [0, 0.1) is 5.92 Å². The normalized spacial score (nSPS) is 12.9. The molecule has 114 valence electrons. The van der Waals surface area contributed by atoms with Crippen molar-refractivity contribution in [1.82, 2.24) is 10.3 Å². The molecule has 0 radical (unpaired) electrons. The first-order valence-corrected chi connectivity index (χ1v) is 6.37. The average molecular weight is 294 g/mol. The van der Waals surface area contributed by atoms with Crippen molar-refractivity contribution in [2.24, 2.45) is 5.92 Å². The minimum absolute atomic E-state index is 0.0813. The molecule has 0 spiro atoms. The molecule has 7 nitrogen and oxygen atoms in total. The van der Waals surface area contributed by atoms with Gasteiger partial charge in [0.2, 0.25) is 0 Å². The van der Waals surface area contributed by atoms with Crippen molar-refractivity contribution in [2.75, 3.05) is 14.2 Å². The van der Waals surface area contributed by atoms with Crippen molar-refractivity contribution in [3.05, 3.63) is 30.1 Å². The third kappa shape index (κ3) is 4.87. The first-order valence-electron chi connectivity index (χ1n) is 6.37. The van der Waals surface area contributed by atoms with Crippen molar-refractivity contribution < 1.29 is 23.9 Å². The fourth-order valence-corrected chi connectivity index (χ4v) is 1.74. The van der Waals surface area contributed by atoms with Crippen molar-refractivity contribution >= 4 is 17.8 Å². The maximum Gasteiger partial charge on any atom is 0.328 e. The fraction of sp³-hybridized carbons (Fsp3) is 0.429. The Hall–Kier alpha value is -2.44. The Bertz CT molecular complexity index is 503. The second-order valence-corrected chi connectivity index (χ2v) is 4.42. The Morgan fingerprint density at radius 1 is 1.19 bits per heavy atom. The van der Waals surface area contributed by atoms with E-state index < -0.39 is 29.8 Å². The van der Waals surface area contributed by atoms with Crippen LogP contribution < -0.4 is 5.32 Å². The van der Waals surface area contributed by atoms with Crippen LogP contribution >= 0.6 is 0 Å². The van der Waals surface area contributed by atoms with E-state index >= 15 is 0 Å². The predicted octanol–water partition coefficient (Wildman–Crippen LogP) is 0.552. The lowest BCUT2D eigenvalue weighted by Gasteiger charge is -2.18. The number of aromatic nitrogens is 1. The lowest BCUT2D eigenvalue weighted by Crippen LogP contribution is -2.43. The van der Waals surface area contributed by atoms with Crippen LogP contribution in [0.25, 0.3) is 0 Å². The van der Waals surface area contributed by atoms with Gasteiger partial charge in [-0.1, -0.05) is 13.0 Å². The number of methoxy groups -OCH3 is 2. The summed E-state index contributed by atoms with van der Waals surface area (Å²) in [6.07, 6.45) is 1.55. The maximum atomic E-state index is 12.0. The summed E-state index contributed by atoms with van der Waals surface area (Å²) >= 11 is 0. The van der Waals surface area contributed by atoms with Crippen LogP contribution in [-0.2, 0) is 19.1 Å². The molecule has 21 heavy (non-hydrogen) atoms. The van der Waals surface area contributed by atoms with E-state index in [1.54, 1.807) is 19.1 Å². The number of nitrogens with one attached hydrogen (secondary N) is 1. The van der Waals surface area contributed by atoms with Gasteiger partial charge in [0.25, 0.3) is 5.91 Å². The third-order valence-corrected chi connectivity index (χ3v) is 2.88. The molecule has 1 rings (SSSR count). The van der Waals surface area contributed by atoms with E-state index in [1.807, 2.05) is 0 Å². The summed E-state index contributed by atoms with van der Waals surface area (Å²) in [5.74, 6) is -2.16. The van der Waals surface area contributed by atoms with Crippen molar-refractivity contribution in [3.8, 4) is 0 Å². The second-order valence-electron chi connectivity index (χ2n) is 4.42. The zero-order chi connectivity index (χ0) is 15.8. The average Bonchev–Trinajstić information content (AvgIpc) is 2.53. The molecule has 0 aliphatic rings. The SMILES string of the molecule is COC(=O)[C@H](C)C[C@H](NC(=O)c1ccccn1)C(=O)OC. The highest BCUT2D eigenvalue weighted by atomic mass is 16.5. The summed E-state index contributed by atoms with van der Waals surface area (Å²) in [5.41, 5.74) is 0.178. The Balaban J connectivity index is 2.77. The van der Waals surface area contributed by atoms with Gasteiger partial charge in [0.15, 0.2) is 0 Å². The summed E-state index contributed by atoms with van der Waals surface area (Å²) < 4.78 is 9.24. The Morgan fingerprint density at radius 3 is 2.38 bits per heavy atom. The molecule has 1 heterocycles. The van der Waals surface area contributed by atoms with Crippen LogP contribution in [0.1, 0.15) is 23.8 Å². The maximum absolute atomic E-state index is 12.0. The van der Waals surface area contributed by atoms with Gasteiger partial charge in [-0.15, -0.1) is 0 Å². The van der Waals surface area contributed by atoms with E-state index in [4.69, 9.17) is 0 Å².